The van der Waals surface area contributed by atoms with E-state index in [1.54, 1.807) is 20.8 Å². The van der Waals surface area contributed by atoms with Crippen molar-refractivity contribution in [2.75, 3.05) is 6.61 Å². The highest BCUT2D eigenvalue weighted by molar-refractivity contribution is 5.96. The van der Waals surface area contributed by atoms with Crippen molar-refractivity contribution in [3.63, 3.8) is 0 Å². The maximum atomic E-state index is 12.6. The molecule has 160 valence electrons. The average Bonchev–Trinajstić information content (AvgIpc) is 2.84. The van der Waals surface area contributed by atoms with Crippen molar-refractivity contribution in [3.8, 4) is 0 Å². The zero-order valence-corrected chi connectivity index (χ0v) is 16.7. The third kappa shape index (κ3) is 2.02. The lowest BCUT2D eigenvalue weighted by Crippen LogP contribution is -2.74. The Hall–Kier alpha value is -1.32. The van der Waals surface area contributed by atoms with Gasteiger partial charge in [-0.3, -0.25) is 4.79 Å². The summed E-state index contributed by atoms with van der Waals surface area (Å²) in [6.45, 7) is 5.43. The van der Waals surface area contributed by atoms with E-state index in [-0.39, 0.29) is 18.9 Å². The van der Waals surface area contributed by atoms with E-state index in [2.05, 4.69) is 0 Å². The molecule has 4 fully saturated rings. The Morgan fingerprint density at radius 3 is 2.48 bits per heavy atom. The van der Waals surface area contributed by atoms with E-state index in [9.17, 15) is 30.0 Å². The molecule has 29 heavy (non-hydrogen) atoms. The van der Waals surface area contributed by atoms with Gasteiger partial charge in [-0.15, -0.1) is 0 Å². The Kier molecular flexibility index (Phi) is 3.84. The van der Waals surface area contributed by atoms with Gasteiger partial charge in [0, 0.05) is 22.7 Å². The Balaban J connectivity index is 1.75. The predicted octanol–water partition coefficient (Wildman–Crippen LogP) is -0.678. The first kappa shape index (κ1) is 19.6. The molecule has 0 aromatic carbocycles. The van der Waals surface area contributed by atoms with Gasteiger partial charge in [-0.2, -0.15) is 0 Å². The zero-order valence-electron chi connectivity index (χ0n) is 16.7. The highest BCUT2D eigenvalue weighted by atomic mass is 16.6. The van der Waals surface area contributed by atoms with Gasteiger partial charge in [0.2, 0.25) is 0 Å². The normalized spacial score (nSPS) is 58.7. The third-order valence-electron chi connectivity index (χ3n) is 9.02. The Bertz CT molecular complexity index is 823. The molecule has 8 nitrogen and oxygen atoms in total. The monoisotopic (exact) mass is 408 g/mol. The second kappa shape index (κ2) is 5.68. The molecule has 5 aliphatic rings. The molecule has 2 aliphatic heterocycles. The second-order valence-electron chi connectivity index (χ2n) is 10.1. The average molecular weight is 408 g/mol. The number of aliphatic hydroxyl groups excluding tert-OH is 4. The lowest BCUT2D eigenvalue weighted by Gasteiger charge is -2.66. The number of allylic oxidation sites excluding steroid dienone is 1. The Morgan fingerprint density at radius 1 is 1.10 bits per heavy atom. The van der Waals surface area contributed by atoms with Crippen LogP contribution in [0.1, 0.15) is 33.6 Å². The summed E-state index contributed by atoms with van der Waals surface area (Å²) >= 11 is 0. The van der Waals surface area contributed by atoms with Crippen molar-refractivity contribution in [1.29, 1.82) is 0 Å². The van der Waals surface area contributed by atoms with Gasteiger partial charge < -0.3 is 29.9 Å². The predicted molar refractivity (Wildman–Crippen MR) is 97.3 cm³/mol. The van der Waals surface area contributed by atoms with E-state index in [0.717, 1.165) is 5.57 Å². The molecule has 4 bridgehead atoms. The number of carbonyl (C=O) groups excluding carboxylic acids is 2. The maximum absolute atomic E-state index is 12.6. The fourth-order valence-corrected chi connectivity index (χ4v) is 7.74. The van der Waals surface area contributed by atoms with Crippen molar-refractivity contribution < 1.29 is 39.5 Å². The molecule has 4 N–H and O–H groups in total. The van der Waals surface area contributed by atoms with Crippen molar-refractivity contribution in [1.82, 2.24) is 0 Å². The molecule has 0 radical (unpaired) electrons. The summed E-state index contributed by atoms with van der Waals surface area (Å²) in [5.41, 5.74) is -2.39. The molecular weight excluding hydrogens is 380 g/mol. The number of esters is 1. The van der Waals surface area contributed by atoms with Gasteiger partial charge in [0.05, 0.1) is 18.8 Å². The molecule has 1 spiro atoms. The van der Waals surface area contributed by atoms with Crippen LogP contribution in [0.15, 0.2) is 11.6 Å². The first-order valence-electron chi connectivity index (χ1n) is 10.3. The summed E-state index contributed by atoms with van der Waals surface area (Å²) in [4.78, 5) is 24.9. The SMILES string of the molecule is CC1=CC(=O)[C@@H](O)[C@]2(C)[C@H]3[C@@H](O)[C@@H]4OC(=O)[C@@H](O)C[C@H]5[C@]4(C)OC[C@@]35[C@H](O)C[C@@H]12. The molecule has 0 amide bonds. The maximum Gasteiger partial charge on any atom is 0.335 e. The summed E-state index contributed by atoms with van der Waals surface area (Å²) in [5.74, 6) is -2.80. The standard InChI is InChI=1S/C21H28O8/c1-8-4-10(22)16(26)19(2)9(8)5-13(24)21-7-28-20(3)12(21)6-11(23)18(27)29-17(20)14(25)15(19)21/h4,9,11-17,23-26H,5-7H2,1-3H3/t9-,11-,12-,13+,14+,15+,16+,17-,19-,20-,21+/m0/s1. The zero-order chi connectivity index (χ0) is 21.1. The van der Waals surface area contributed by atoms with Crippen LogP contribution in [0.5, 0.6) is 0 Å². The van der Waals surface area contributed by atoms with E-state index in [1.807, 2.05) is 0 Å². The highest BCUT2D eigenvalue weighted by Crippen LogP contribution is 2.71. The van der Waals surface area contributed by atoms with Crippen LogP contribution in [0.3, 0.4) is 0 Å². The number of hydrogen-bond acceptors (Lipinski definition) is 8. The van der Waals surface area contributed by atoms with Crippen LogP contribution in [0.25, 0.3) is 0 Å². The van der Waals surface area contributed by atoms with Gasteiger partial charge in [-0.1, -0.05) is 12.5 Å². The summed E-state index contributed by atoms with van der Waals surface area (Å²) in [5, 5.41) is 44.3. The highest BCUT2D eigenvalue weighted by Gasteiger charge is 2.79. The molecule has 0 aromatic heterocycles. The number of ether oxygens (including phenoxy) is 2. The first-order chi connectivity index (χ1) is 13.5. The third-order valence-corrected chi connectivity index (χ3v) is 9.02. The number of carbonyl (C=O) groups is 2. The summed E-state index contributed by atoms with van der Waals surface area (Å²) in [6.07, 6.45) is -4.19. The lowest BCUT2D eigenvalue weighted by atomic mass is 9.38. The molecular formula is C21H28O8. The number of hydrogen-bond donors (Lipinski definition) is 4. The minimum atomic E-state index is -1.38. The van der Waals surface area contributed by atoms with Crippen LogP contribution >= 0.6 is 0 Å². The summed E-state index contributed by atoms with van der Waals surface area (Å²) in [7, 11) is 0. The van der Waals surface area contributed by atoms with E-state index in [4.69, 9.17) is 9.47 Å². The van der Waals surface area contributed by atoms with Gasteiger partial charge in [-0.05, 0) is 38.7 Å². The Labute approximate surface area is 168 Å². The summed E-state index contributed by atoms with van der Waals surface area (Å²) in [6, 6.07) is 0. The van der Waals surface area contributed by atoms with E-state index in [0.29, 0.717) is 6.42 Å². The van der Waals surface area contributed by atoms with Crippen molar-refractivity contribution >= 4 is 11.8 Å². The first-order valence-corrected chi connectivity index (χ1v) is 10.3. The molecule has 2 saturated heterocycles. The van der Waals surface area contributed by atoms with Crippen LogP contribution in [-0.4, -0.2) is 74.9 Å². The molecule has 5 rings (SSSR count). The minimum absolute atomic E-state index is 0.0335. The lowest BCUT2D eigenvalue weighted by molar-refractivity contribution is -0.262. The van der Waals surface area contributed by atoms with Gasteiger partial charge in [-0.25, -0.2) is 4.79 Å². The molecule has 11 atom stereocenters. The molecule has 8 heteroatoms. The number of ketones is 1. The van der Waals surface area contributed by atoms with E-state index >= 15 is 0 Å². The van der Waals surface area contributed by atoms with Gasteiger partial charge in [0.1, 0.15) is 11.7 Å². The number of fused-ring (bicyclic) bond motifs is 2. The fraction of sp³-hybridized carbons (Fsp3) is 0.810. The van der Waals surface area contributed by atoms with Crippen LogP contribution in [0.4, 0.5) is 0 Å². The smallest absolute Gasteiger partial charge is 0.335 e. The molecule has 0 aromatic rings. The fourth-order valence-electron chi connectivity index (χ4n) is 7.74. The minimum Gasteiger partial charge on any atom is -0.455 e. The molecule has 3 aliphatic carbocycles. The quantitative estimate of drug-likeness (QED) is 0.388. The van der Waals surface area contributed by atoms with Gasteiger partial charge >= 0.3 is 5.97 Å². The second-order valence-corrected chi connectivity index (χ2v) is 10.1. The van der Waals surface area contributed by atoms with Crippen LogP contribution in [0.2, 0.25) is 0 Å². The Morgan fingerprint density at radius 2 is 1.79 bits per heavy atom. The van der Waals surface area contributed by atoms with Crippen molar-refractivity contribution in [2.45, 2.75) is 69.7 Å². The van der Waals surface area contributed by atoms with Crippen LogP contribution < -0.4 is 0 Å². The molecule has 2 heterocycles. The number of aliphatic hydroxyl groups is 4. The molecule has 2 saturated carbocycles. The van der Waals surface area contributed by atoms with Gasteiger partial charge in [0.15, 0.2) is 18.0 Å². The van der Waals surface area contributed by atoms with Crippen LogP contribution in [-0.2, 0) is 19.1 Å². The topological polar surface area (TPSA) is 134 Å². The van der Waals surface area contributed by atoms with Crippen molar-refractivity contribution in [3.05, 3.63) is 11.6 Å². The van der Waals surface area contributed by atoms with E-state index < -0.39 is 70.5 Å². The van der Waals surface area contributed by atoms with E-state index in [1.165, 1.54) is 6.08 Å². The largest absolute Gasteiger partial charge is 0.455 e. The van der Waals surface area contributed by atoms with Crippen molar-refractivity contribution in [2.24, 2.45) is 28.6 Å². The molecule has 0 unspecified atom stereocenters. The van der Waals surface area contributed by atoms with Crippen LogP contribution in [0, 0.1) is 28.6 Å². The number of rotatable bonds is 0. The summed E-state index contributed by atoms with van der Waals surface area (Å²) < 4.78 is 11.6. The van der Waals surface area contributed by atoms with Gasteiger partial charge in [0.25, 0.3) is 0 Å².